The molecular formula is C37H52N6O7S. The Morgan fingerprint density at radius 3 is 2.31 bits per heavy atom. The highest BCUT2D eigenvalue weighted by Crippen LogP contribution is 2.52. The largest absolute Gasteiger partial charge is 0.481 e. The number of aryl methyl sites for hydroxylation is 1. The van der Waals surface area contributed by atoms with E-state index in [0.29, 0.717) is 29.6 Å². The van der Waals surface area contributed by atoms with Crippen LogP contribution >= 0.6 is 11.3 Å². The molecule has 2 N–H and O–H groups in total. The molecule has 4 fully saturated rings. The van der Waals surface area contributed by atoms with Gasteiger partial charge in [0.2, 0.25) is 5.91 Å². The molecule has 3 aliphatic heterocycles. The molecule has 1 aliphatic carbocycles. The topological polar surface area (TPSA) is 172 Å². The number of carbonyl (C=O) groups is 5. The normalized spacial score (nSPS) is 22.8. The Morgan fingerprint density at radius 1 is 1.10 bits per heavy atom. The van der Waals surface area contributed by atoms with Crippen LogP contribution in [-0.2, 0) is 30.3 Å². The molecule has 5 atom stereocenters. The number of esters is 1. The lowest BCUT2D eigenvalue weighted by Gasteiger charge is -2.45. The second-order valence-electron chi connectivity index (χ2n) is 15.3. The van der Waals surface area contributed by atoms with E-state index < -0.39 is 41.3 Å². The summed E-state index contributed by atoms with van der Waals surface area (Å²) in [5.41, 5.74) is 0.309. The second-order valence-corrected chi connectivity index (χ2v) is 16.2. The number of piperidine rings is 3. The van der Waals surface area contributed by atoms with Crippen molar-refractivity contribution in [2.75, 3.05) is 20.1 Å². The fourth-order valence-corrected chi connectivity index (χ4v) is 8.49. The summed E-state index contributed by atoms with van der Waals surface area (Å²) < 4.78 is 5.76. The Kier molecular flexibility index (Phi) is 12.3. The highest BCUT2D eigenvalue weighted by Gasteiger charge is 2.54. The molecule has 2 aromatic rings. The van der Waals surface area contributed by atoms with Crippen molar-refractivity contribution in [1.82, 2.24) is 30.1 Å². The second kappa shape index (κ2) is 16.3. The minimum Gasteiger partial charge on any atom is -0.481 e. The Hall–Kier alpha value is -3.78. The van der Waals surface area contributed by atoms with Gasteiger partial charge < -0.3 is 20.1 Å². The summed E-state index contributed by atoms with van der Waals surface area (Å²) in [5, 5.41) is 14.4. The first-order valence-corrected chi connectivity index (χ1v) is 19.0. The Morgan fingerprint density at radius 2 is 1.76 bits per heavy atom. The van der Waals surface area contributed by atoms with E-state index >= 15 is 0 Å². The van der Waals surface area contributed by atoms with E-state index in [-0.39, 0.29) is 61.1 Å². The van der Waals surface area contributed by atoms with E-state index in [4.69, 9.17) is 4.74 Å². The van der Waals surface area contributed by atoms with Crippen molar-refractivity contribution in [2.45, 2.75) is 117 Å². The summed E-state index contributed by atoms with van der Waals surface area (Å²) in [6.07, 6.45) is 8.01. The number of carbonyl (C=O) groups excluding carboxylic acids is 4. The zero-order valence-corrected chi connectivity index (χ0v) is 31.4. The Bertz CT molecular complexity index is 1580. The maximum absolute atomic E-state index is 14.1. The van der Waals surface area contributed by atoms with Crippen LogP contribution in [0.15, 0.2) is 17.8 Å². The minimum absolute atomic E-state index is 0.00703. The summed E-state index contributed by atoms with van der Waals surface area (Å²) in [4.78, 5) is 82.3. The molecule has 13 nitrogen and oxygen atoms in total. The van der Waals surface area contributed by atoms with Crippen LogP contribution in [0.4, 0.5) is 0 Å². The standard InChI is InChI=1S/C37H52N6O7S/c1-21(2)28(42(6)36(49)37(9-10-37)17-30(45)29-14-25-7-11-43(29)12-8-25)16-31(50-24(5)44)34-41-27(20-51-34)33(46)40-26(13-23(4)35(47)48)15-32-38-18-22(3)19-39-32/h18-21,23,25-26,28-29,31H,7-17H2,1-6H3,(H,40,46)(H,47,48)/t23-,26+,28+,29+,31+/m0/s1. The molecule has 1 saturated carbocycles. The van der Waals surface area contributed by atoms with Gasteiger partial charge in [-0.1, -0.05) is 20.8 Å². The number of Topliss-reactive ketones (excluding diaryl/α,β-unsaturated/α-hetero) is 1. The van der Waals surface area contributed by atoms with Crippen LogP contribution in [0.2, 0.25) is 0 Å². The summed E-state index contributed by atoms with van der Waals surface area (Å²) in [5.74, 6) is -1.50. The van der Waals surface area contributed by atoms with Crippen LogP contribution in [0.5, 0.6) is 0 Å². The lowest BCUT2D eigenvalue weighted by Crippen LogP contribution is -2.53. The van der Waals surface area contributed by atoms with E-state index in [0.717, 1.165) is 37.9 Å². The SMILES string of the molecule is CC(=O)O[C@H](C[C@H](C(C)C)N(C)C(=O)C1(CC(=O)[C@H]2CC3CCN2CC3)CC1)c1nc(C(=O)N[C@@H](Cc2ncc(C)cn2)C[C@H](C)C(=O)O)cs1. The highest BCUT2D eigenvalue weighted by molar-refractivity contribution is 7.09. The van der Waals surface area contributed by atoms with Gasteiger partial charge in [-0.25, -0.2) is 15.0 Å². The number of carboxylic acid groups (broad SMARTS) is 1. The number of thiazole rings is 1. The van der Waals surface area contributed by atoms with E-state index in [2.05, 4.69) is 25.2 Å². The van der Waals surface area contributed by atoms with E-state index in [1.165, 1.54) is 18.3 Å². The molecule has 0 radical (unpaired) electrons. The number of carboxylic acids is 1. The molecule has 278 valence electrons. The van der Waals surface area contributed by atoms with E-state index in [9.17, 15) is 29.1 Å². The van der Waals surface area contributed by atoms with Gasteiger partial charge in [-0.05, 0) is 75.9 Å². The molecule has 3 saturated heterocycles. The number of hydrogen-bond acceptors (Lipinski definition) is 11. The fourth-order valence-electron chi connectivity index (χ4n) is 7.66. The van der Waals surface area contributed by atoms with Gasteiger partial charge in [0.25, 0.3) is 5.91 Å². The zero-order valence-electron chi connectivity index (χ0n) is 30.6. The van der Waals surface area contributed by atoms with Crippen LogP contribution in [0, 0.1) is 30.1 Å². The number of aliphatic carboxylic acids is 1. The van der Waals surface area contributed by atoms with Crippen molar-refractivity contribution in [3.8, 4) is 0 Å². The molecule has 0 aromatic carbocycles. The van der Waals surface area contributed by atoms with Gasteiger partial charge in [-0.2, -0.15) is 0 Å². The lowest BCUT2D eigenvalue weighted by molar-refractivity contribution is -0.149. The fraction of sp³-hybridized carbons (Fsp3) is 0.676. The predicted molar refractivity (Wildman–Crippen MR) is 190 cm³/mol. The number of rotatable bonds is 17. The number of nitrogens with zero attached hydrogens (tertiary/aromatic N) is 5. The number of fused-ring (bicyclic) bond motifs is 3. The van der Waals surface area contributed by atoms with Crippen LogP contribution in [0.1, 0.15) is 112 Å². The lowest BCUT2D eigenvalue weighted by atomic mass is 9.79. The first-order chi connectivity index (χ1) is 24.2. The number of ether oxygens (including phenoxy) is 1. The van der Waals surface area contributed by atoms with Crippen LogP contribution in [0.3, 0.4) is 0 Å². The molecule has 6 rings (SSSR count). The number of aromatic nitrogens is 3. The maximum atomic E-state index is 14.1. The van der Waals surface area contributed by atoms with Gasteiger partial charge in [0.1, 0.15) is 16.5 Å². The molecule has 14 heteroatoms. The van der Waals surface area contributed by atoms with Crippen molar-refractivity contribution in [1.29, 1.82) is 0 Å². The summed E-state index contributed by atoms with van der Waals surface area (Å²) in [6.45, 7) is 10.7. The van der Waals surface area contributed by atoms with Gasteiger partial charge in [0, 0.05) is 63.1 Å². The minimum atomic E-state index is -0.976. The van der Waals surface area contributed by atoms with Crippen molar-refractivity contribution >= 4 is 40.9 Å². The van der Waals surface area contributed by atoms with E-state index in [1.807, 2.05) is 20.8 Å². The third kappa shape index (κ3) is 9.56. The highest BCUT2D eigenvalue weighted by atomic mass is 32.1. The van der Waals surface area contributed by atoms with Crippen molar-refractivity contribution < 1.29 is 33.8 Å². The number of ketones is 1. The van der Waals surface area contributed by atoms with Crippen molar-refractivity contribution in [3.63, 3.8) is 0 Å². The van der Waals surface area contributed by atoms with Gasteiger partial charge in [-0.15, -0.1) is 11.3 Å². The van der Waals surface area contributed by atoms with E-state index in [1.54, 1.807) is 36.6 Å². The first kappa shape index (κ1) is 38.5. The number of amides is 2. The van der Waals surface area contributed by atoms with Crippen LogP contribution in [-0.4, -0.2) is 97.7 Å². The van der Waals surface area contributed by atoms with Gasteiger partial charge in [0.05, 0.1) is 17.4 Å². The van der Waals surface area contributed by atoms with Gasteiger partial charge in [-0.3, -0.25) is 28.9 Å². The summed E-state index contributed by atoms with van der Waals surface area (Å²) in [7, 11) is 1.77. The predicted octanol–water partition coefficient (Wildman–Crippen LogP) is 4.39. The van der Waals surface area contributed by atoms with Crippen LogP contribution < -0.4 is 5.32 Å². The maximum Gasteiger partial charge on any atom is 0.306 e. The first-order valence-electron chi connectivity index (χ1n) is 18.1. The molecule has 0 spiro atoms. The summed E-state index contributed by atoms with van der Waals surface area (Å²) >= 11 is 1.18. The Balaban J connectivity index is 1.27. The Labute approximate surface area is 304 Å². The average molecular weight is 725 g/mol. The third-order valence-electron chi connectivity index (χ3n) is 10.9. The average Bonchev–Trinajstić information content (AvgIpc) is 3.70. The molecule has 2 aromatic heterocycles. The molecule has 5 heterocycles. The van der Waals surface area contributed by atoms with Crippen LogP contribution in [0.25, 0.3) is 0 Å². The zero-order chi connectivity index (χ0) is 37.0. The van der Waals surface area contributed by atoms with Gasteiger partial charge >= 0.3 is 11.9 Å². The molecule has 0 unspecified atom stereocenters. The molecule has 2 bridgehead atoms. The van der Waals surface area contributed by atoms with Crippen molar-refractivity contribution in [3.05, 3.63) is 39.9 Å². The van der Waals surface area contributed by atoms with Gasteiger partial charge in [0.15, 0.2) is 11.9 Å². The number of hydrogen-bond donors (Lipinski definition) is 2. The monoisotopic (exact) mass is 724 g/mol. The molecule has 51 heavy (non-hydrogen) atoms. The number of nitrogens with one attached hydrogen (secondary N) is 1. The molecular weight excluding hydrogens is 673 g/mol. The third-order valence-corrected chi connectivity index (χ3v) is 11.8. The molecule has 2 amide bonds. The smallest absolute Gasteiger partial charge is 0.306 e. The summed E-state index contributed by atoms with van der Waals surface area (Å²) in [6, 6.07) is -0.982. The quantitative estimate of drug-likeness (QED) is 0.222. The molecule has 4 aliphatic rings. The van der Waals surface area contributed by atoms with Crippen molar-refractivity contribution in [2.24, 2.45) is 23.2 Å².